The summed E-state index contributed by atoms with van der Waals surface area (Å²) in [6.07, 6.45) is 10.9. The van der Waals surface area contributed by atoms with Crippen LogP contribution < -0.4 is 5.69 Å². The molecule has 11 nitrogen and oxygen atoms in total. The number of H-pyrrole nitrogens is 1. The van der Waals surface area contributed by atoms with E-state index < -0.39 is 0 Å². The maximum atomic E-state index is 13.7. The fourth-order valence-electron chi connectivity index (χ4n) is 4.40. The first-order valence-electron chi connectivity index (χ1n) is 12.6. The minimum absolute atomic E-state index is 0.133. The maximum Gasteiger partial charge on any atom is 0.335 e. The molecule has 0 aliphatic heterocycles. The molecule has 5 aromatic rings. The summed E-state index contributed by atoms with van der Waals surface area (Å²) in [6, 6.07) is 10.1. The molecule has 37 heavy (non-hydrogen) atoms. The van der Waals surface area contributed by atoms with E-state index in [1.807, 2.05) is 51.9 Å². The fourth-order valence-corrected chi connectivity index (χ4v) is 4.40. The molecule has 0 saturated carbocycles. The van der Waals surface area contributed by atoms with E-state index in [2.05, 4.69) is 56.6 Å². The second kappa shape index (κ2) is 10.7. The number of hydrogen-bond acceptors (Lipinski definition) is 7. The Morgan fingerprint density at radius 1 is 1.05 bits per heavy atom. The summed E-state index contributed by atoms with van der Waals surface area (Å²) in [5.74, 6) is 1.08. The number of aryl methyl sites for hydroxylation is 1. The predicted molar refractivity (Wildman–Crippen MR) is 139 cm³/mol. The van der Waals surface area contributed by atoms with E-state index in [4.69, 9.17) is 0 Å². The third kappa shape index (κ3) is 4.84. The van der Waals surface area contributed by atoms with Crippen molar-refractivity contribution in [2.45, 2.75) is 59.0 Å². The van der Waals surface area contributed by atoms with Crippen LogP contribution in [-0.2, 0) is 13.0 Å². The Kier molecular flexibility index (Phi) is 7.02. The smallest absolute Gasteiger partial charge is 0.296 e. The molecule has 0 saturated heterocycles. The molecule has 5 rings (SSSR count). The minimum Gasteiger partial charge on any atom is -0.296 e. The highest BCUT2D eigenvalue weighted by atomic mass is 16.2. The van der Waals surface area contributed by atoms with Gasteiger partial charge in [0.05, 0.1) is 6.54 Å². The highest BCUT2D eigenvalue weighted by Gasteiger charge is 2.19. The molecule has 1 unspecified atom stereocenters. The van der Waals surface area contributed by atoms with Gasteiger partial charge in [0.1, 0.15) is 6.33 Å². The SMILES string of the molecule is CCCCc1cn(-c2nncn2C(C)CC)c(=O)n1Cc1cnccc1-c1ccc(-c2nn[nH]n2)cc1. The number of rotatable bonds is 10. The normalized spacial score (nSPS) is 12.2. The van der Waals surface area contributed by atoms with Gasteiger partial charge in [-0.2, -0.15) is 5.21 Å². The molecule has 11 heteroatoms. The highest BCUT2D eigenvalue weighted by molar-refractivity contribution is 5.69. The number of nitrogens with zero attached hydrogens (tertiary/aromatic N) is 9. The standard InChI is InChI=1S/C26H30N10O/c1-4-6-7-22-16-35(25-31-28-17-36(25)18(3)5-2)26(37)34(22)15-21-14-27-13-12-23(21)19-8-10-20(11-9-19)24-29-32-33-30-24/h8-14,16-18H,4-7,15H2,1-3H3,(H,29,30,32,33). The van der Waals surface area contributed by atoms with Crippen molar-refractivity contribution >= 4 is 0 Å². The number of aromatic nitrogens is 10. The van der Waals surface area contributed by atoms with Crippen LogP contribution in [0.1, 0.15) is 57.3 Å². The van der Waals surface area contributed by atoms with E-state index >= 15 is 0 Å². The Balaban J connectivity index is 1.53. The zero-order chi connectivity index (χ0) is 25.8. The van der Waals surface area contributed by atoms with E-state index in [1.54, 1.807) is 17.1 Å². The van der Waals surface area contributed by atoms with Gasteiger partial charge >= 0.3 is 5.69 Å². The monoisotopic (exact) mass is 498 g/mol. The molecular formula is C26H30N10O. The molecule has 0 fully saturated rings. The highest BCUT2D eigenvalue weighted by Crippen LogP contribution is 2.26. The Morgan fingerprint density at radius 3 is 2.59 bits per heavy atom. The lowest BCUT2D eigenvalue weighted by Gasteiger charge is -2.13. The van der Waals surface area contributed by atoms with Crippen LogP contribution in [0, 0.1) is 0 Å². The second-order valence-corrected chi connectivity index (χ2v) is 9.10. The average molecular weight is 499 g/mol. The van der Waals surface area contributed by atoms with Gasteiger partial charge in [-0.1, -0.05) is 44.5 Å². The second-order valence-electron chi connectivity index (χ2n) is 9.10. The first kappa shape index (κ1) is 24.3. The first-order valence-corrected chi connectivity index (χ1v) is 12.6. The molecule has 190 valence electrons. The predicted octanol–water partition coefficient (Wildman–Crippen LogP) is 3.83. The van der Waals surface area contributed by atoms with Crippen molar-refractivity contribution in [3.8, 4) is 28.5 Å². The van der Waals surface area contributed by atoms with Crippen molar-refractivity contribution in [2.75, 3.05) is 0 Å². The van der Waals surface area contributed by atoms with Gasteiger partial charge in [-0.05, 0) is 54.2 Å². The Labute approximate surface area is 214 Å². The summed E-state index contributed by atoms with van der Waals surface area (Å²) in [5.41, 5.74) is 4.69. The molecule has 0 aliphatic rings. The largest absolute Gasteiger partial charge is 0.335 e. The van der Waals surface area contributed by atoms with Crippen LogP contribution in [0.5, 0.6) is 0 Å². The van der Waals surface area contributed by atoms with Gasteiger partial charge in [-0.3, -0.25) is 14.1 Å². The molecule has 1 N–H and O–H groups in total. The lowest BCUT2D eigenvalue weighted by molar-refractivity contribution is 0.516. The summed E-state index contributed by atoms with van der Waals surface area (Å²) in [5, 5.41) is 22.6. The average Bonchev–Trinajstić information content (AvgIpc) is 3.69. The minimum atomic E-state index is -0.133. The molecule has 4 aromatic heterocycles. The number of pyridine rings is 1. The lowest BCUT2D eigenvalue weighted by atomic mass is 10.00. The zero-order valence-corrected chi connectivity index (χ0v) is 21.2. The summed E-state index contributed by atoms with van der Waals surface area (Å²) in [7, 11) is 0. The number of unbranched alkanes of at least 4 members (excludes halogenated alkanes) is 1. The van der Waals surface area contributed by atoms with E-state index in [0.717, 1.165) is 53.6 Å². The van der Waals surface area contributed by atoms with Crippen molar-refractivity contribution < 1.29 is 0 Å². The Hall–Kier alpha value is -4.41. The number of benzene rings is 1. The molecule has 0 radical (unpaired) electrons. The quantitative estimate of drug-likeness (QED) is 0.310. The summed E-state index contributed by atoms with van der Waals surface area (Å²) >= 11 is 0. The van der Waals surface area contributed by atoms with Crippen molar-refractivity contribution in [1.82, 2.24) is 49.5 Å². The molecule has 0 aliphatic carbocycles. The summed E-state index contributed by atoms with van der Waals surface area (Å²) in [4.78, 5) is 18.1. The van der Waals surface area contributed by atoms with Gasteiger partial charge in [0.15, 0.2) is 0 Å². The Morgan fingerprint density at radius 2 is 1.86 bits per heavy atom. The Bertz CT molecular complexity index is 1510. The summed E-state index contributed by atoms with van der Waals surface area (Å²) < 4.78 is 5.41. The van der Waals surface area contributed by atoms with Gasteiger partial charge in [-0.15, -0.1) is 20.4 Å². The van der Waals surface area contributed by atoms with E-state index in [0.29, 0.717) is 18.3 Å². The number of hydrogen-bond donors (Lipinski definition) is 1. The van der Waals surface area contributed by atoms with Gasteiger partial charge < -0.3 is 0 Å². The van der Waals surface area contributed by atoms with Crippen LogP contribution in [0.2, 0.25) is 0 Å². The van der Waals surface area contributed by atoms with Crippen LogP contribution in [-0.4, -0.2) is 49.5 Å². The van der Waals surface area contributed by atoms with Crippen LogP contribution in [0.15, 0.2) is 60.0 Å². The van der Waals surface area contributed by atoms with Gasteiger partial charge in [0, 0.05) is 35.9 Å². The third-order valence-electron chi connectivity index (χ3n) is 6.72. The molecule has 0 bridgehead atoms. The molecule has 1 atom stereocenters. The maximum absolute atomic E-state index is 13.7. The number of aromatic amines is 1. The number of tetrazole rings is 1. The van der Waals surface area contributed by atoms with Gasteiger partial charge in [-0.25, -0.2) is 9.36 Å². The van der Waals surface area contributed by atoms with Crippen molar-refractivity contribution in [3.63, 3.8) is 0 Å². The first-order chi connectivity index (χ1) is 18.1. The number of imidazole rings is 1. The number of nitrogens with one attached hydrogen (secondary N) is 1. The molecule has 0 amide bonds. The van der Waals surface area contributed by atoms with Crippen LogP contribution in [0.3, 0.4) is 0 Å². The zero-order valence-electron chi connectivity index (χ0n) is 21.2. The molecule has 4 heterocycles. The van der Waals surface area contributed by atoms with Crippen LogP contribution in [0.25, 0.3) is 28.5 Å². The van der Waals surface area contributed by atoms with Gasteiger partial charge in [0.2, 0.25) is 11.8 Å². The molecule has 0 spiro atoms. The van der Waals surface area contributed by atoms with E-state index in [9.17, 15) is 4.79 Å². The fraction of sp³-hybridized carbons (Fsp3) is 0.346. The topological polar surface area (TPSA) is 125 Å². The van der Waals surface area contributed by atoms with Crippen molar-refractivity contribution in [3.05, 3.63) is 77.0 Å². The lowest BCUT2D eigenvalue weighted by Crippen LogP contribution is -2.27. The van der Waals surface area contributed by atoms with Crippen molar-refractivity contribution in [2.24, 2.45) is 0 Å². The van der Waals surface area contributed by atoms with E-state index in [-0.39, 0.29) is 11.7 Å². The molecule has 1 aromatic carbocycles. The molecular weight excluding hydrogens is 468 g/mol. The van der Waals surface area contributed by atoms with Crippen LogP contribution in [0.4, 0.5) is 0 Å². The summed E-state index contributed by atoms with van der Waals surface area (Å²) in [6.45, 7) is 6.75. The van der Waals surface area contributed by atoms with E-state index in [1.165, 1.54) is 0 Å². The van der Waals surface area contributed by atoms with Crippen LogP contribution >= 0.6 is 0 Å². The van der Waals surface area contributed by atoms with Crippen molar-refractivity contribution in [1.29, 1.82) is 0 Å². The van der Waals surface area contributed by atoms with Gasteiger partial charge in [0.25, 0.3) is 0 Å². The third-order valence-corrected chi connectivity index (χ3v) is 6.72.